The number of benzene rings is 2. The summed E-state index contributed by atoms with van der Waals surface area (Å²) in [5.41, 5.74) is 11.0. The minimum Gasteiger partial charge on any atom is -0.379 e. The maximum Gasteiger partial charge on any atom is 0.315 e. The Morgan fingerprint density at radius 1 is 0.570 bits per heavy atom. The number of urea groups is 1. The first-order chi connectivity index (χ1) is 38.9. The molecule has 0 bridgehead atoms. The number of ether oxygens (including phenoxy) is 11. The first kappa shape index (κ1) is 64.8. The van der Waals surface area contributed by atoms with Gasteiger partial charge in [0.15, 0.2) is 0 Å². The van der Waals surface area contributed by atoms with Crippen molar-refractivity contribution in [2.24, 2.45) is 5.73 Å². The zero-order valence-corrected chi connectivity index (χ0v) is 47.8. The second-order valence-corrected chi connectivity index (χ2v) is 21.9. The number of hydrogen-bond donors (Lipinski definition) is 5. The number of ketones is 1. The van der Waals surface area contributed by atoms with Crippen LogP contribution in [0.4, 0.5) is 4.79 Å². The van der Waals surface area contributed by atoms with Crippen molar-refractivity contribution in [3.8, 4) is 11.1 Å². The zero-order valence-electron chi connectivity index (χ0n) is 47.0. The summed E-state index contributed by atoms with van der Waals surface area (Å²) in [6.07, 6.45) is 12.1. The molecule has 0 unspecified atom stereocenters. The van der Waals surface area contributed by atoms with Gasteiger partial charge in [-0.05, 0) is 73.6 Å². The molecule has 2 aliphatic heterocycles. The van der Waals surface area contributed by atoms with Crippen molar-refractivity contribution in [2.45, 2.75) is 125 Å². The van der Waals surface area contributed by atoms with Crippen LogP contribution in [0.1, 0.15) is 94.1 Å². The van der Waals surface area contributed by atoms with E-state index >= 15 is 0 Å². The number of unbranched alkanes of at least 4 members (excludes halogenated alkanes) is 2. The number of amides is 3. The Labute approximate surface area is 474 Å². The Morgan fingerprint density at radius 2 is 1.10 bits per heavy atom. The molecule has 6 N–H and O–H groups in total. The second kappa shape index (κ2) is 40.8. The molecule has 6 rings (SSSR count). The Kier molecular flexibility index (Phi) is 33.5. The lowest BCUT2D eigenvalue weighted by Gasteiger charge is -2.27. The quantitative estimate of drug-likeness (QED) is 0.0414. The third-order valence-electron chi connectivity index (χ3n) is 14.4. The van der Waals surface area contributed by atoms with Crippen molar-refractivity contribution < 1.29 is 66.5 Å². The van der Waals surface area contributed by atoms with Crippen molar-refractivity contribution >= 4 is 29.5 Å². The summed E-state index contributed by atoms with van der Waals surface area (Å²) in [4.78, 5) is 36.2. The van der Waals surface area contributed by atoms with E-state index < -0.39 is 0 Å². The van der Waals surface area contributed by atoms with Crippen molar-refractivity contribution in [1.29, 1.82) is 0 Å². The number of rotatable bonds is 49. The molecule has 20 heteroatoms. The van der Waals surface area contributed by atoms with Gasteiger partial charge >= 0.3 is 6.03 Å². The first-order valence-electron chi connectivity index (χ1n) is 29.4. The summed E-state index contributed by atoms with van der Waals surface area (Å²) in [7, 11) is 0. The molecule has 3 amide bonds. The lowest BCUT2D eigenvalue weighted by atomic mass is 9.91. The Hall–Kier alpha value is -3.32. The molecular weight excluding hydrogens is 1030 g/mol. The minimum absolute atomic E-state index is 0.0167. The molecule has 446 valence electrons. The van der Waals surface area contributed by atoms with E-state index in [4.69, 9.17) is 57.8 Å². The summed E-state index contributed by atoms with van der Waals surface area (Å²) in [5, 5.41) is 13.3. The summed E-state index contributed by atoms with van der Waals surface area (Å²) in [6, 6.07) is 19.6. The van der Waals surface area contributed by atoms with Crippen LogP contribution in [0, 0.1) is 0 Å². The van der Waals surface area contributed by atoms with Crippen LogP contribution in [0.5, 0.6) is 0 Å². The van der Waals surface area contributed by atoms with Crippen LogP contribution in [0.25, 0.3) is 11.1 Å². The van der Waals surface area contributed by atoms with Gasteiger partial charge in [0.05, 0.1) is 157 Å². The predicted octanol–water partition coefficient (Wildman–Crippen LogP) is 5.38. The van der Waals surface area contributed by atoms with Crippen LogP contribution in [-0.4, -0.2) is 211 Å². The van der Waals surface area contributed by atoms with Crippen molar-refractivity contribution in [3.05, 3.63) is 59.7 Å². The van der Waals surface area contributed by atoms with Crippen LogP contribution in [0.2, 0.25) is 0 Å². The highest BCUT2D eigenvalue weighted by Gasteiger charge is 2.42. The lowest BCUT2D eigenvalue weighted by molar-refractivity contribution is -0.121. The number of hydrogen-bond acceptors (Lipinski definition) is 17. The highest BCUT2D eigenvalue weighted by molar-refractivity contribution is 8.00. The van der Waals surface area contributed by atoms with Crippen LogP contribution >= 0.6 is 11.8 Å². The SMILES string of the molecule is NC1CCC(N[C@@H]2C[C@H]2c2ccc(-c3cccc(CCC(=O)NCCOCCOCCOCCOCCOCCOCCOCCOCCOCCOCCOCCC(=O)CCCCC[C@@H]4SC[C@@H]5NC(=O)N[C@@H]54)c3)cc2)CC1. The number of thioether (sulfide) groups is 1. The fourth-order valence-corrected chi connectivity index (χ4v) is 11.4. The summed E-state index contributed by atoms with van der Waals surface area (Å²) >= 11 is 1.93. The maximum atomic E-state index is 12.5. The minimum atomic E-state index is -0.0436. The monoisotopic (exact) mass is 1130 g/mol. The molecule has 79 heavy (non-hydrogen) atoms. The van der Waals surface area contributed by atoms with E-state index in [0.717, 1.165) is 49.8 Å². The topological polar surface area (TPSA) is 227 Å². The number of fused-ring (bicyclic) bond motifs is 1. The van der Waals surface area contributed by atoms with Gasteiger partial charge in [-0.1, -0.05) is 61.4 Å². The second-order valence-electron chi connectivity index (χ2n) is 20.6. The van der Waals surface area contributed by atoms with E-state index in [1.54, 1.807) is 0 Å². The van der Waals surface area contributed by atoms with Crippen molar-refractivity contribution in [3.63, 3.8) is 0 Å². The van der Waals surface area contributed by atoms with Crippen LogP contribution in [0.3, 0.4) is 0 Å². The highest BCUT2D eigenvalue weighted by Crippen LogP contribution is 2.42. The van der Waals surface area contributed by atoms with Crippen LogP contribution < -0.4 is 27.0 Å². The van der Waals surface area contributed by atoms with Gasteiger partial charge in [-0.3, -0.25) is 9.59 Å². The van der Waals surface area contributed by atoms with Gasteiger partial charge in [0.1, 0.15) is 5.78 Å². The molecule has 4 aliphatic rings. The standard InChI is InChI=1S/C59H95N5O14S/c60-50-14-16-51(17-15-50)62-54-44-53(54)48-12-10-47(11-13-48)49-6-4-5-46(43-49)9-18-57(66)61-20-22-69-24-26-71-28-30-73-32-34-75-36-38-77-40-42-78-41-39-76-37-35-74-33-31-72-29-27-70-25-23-68-21-19-52(65)7-2-1-3-8-56-58-55(45-79-56)63-59(67)64-58/h4-6,10-13,43,50-51,53-56,58,62H,1-3,7-9,14-42,44-45,60H2,(H,61,66)(H2,63,64,67)/t50?,51?,53-,54+,55-,56-,58-/m0/s1. The van der Waals surface area contributed by atoms with E-state index in [-0.39, 0.29) is 29.8 Å². The van der Waals surface area contributed by atoms with E-state index in [1.165, 1.54) is 36.0 Å². The number of nitrogens with two attached hydrogens (primary N) is 1. The molecule has 2 saturated carbocycles. The molecule has 0 spiro atoms. The van der Waals surface area contributed by atoms with Crippen LogP contribution in [-0.2, 0) is 68.1 Å². The summed E-state index contributed by atoms with van der Waals surface area (Å²) < 4.78 is 61.1. The van der Waals surface area contributed by atoms with Crippen LogP contribution in [0.15, 0.2) is 48.5 Å². The molecular formula is C59H95N5O14S. The number of carbonyl (C=O) groups excluding carboxylic acids is 3. The fraction of sp³-hybridized carbons (Fsp3) is 0.746. The molecule has 19 nitrogen and oxygen atoms in total. The molecule has 2 aromatic rings. The van der Waals surface area contributed by atoms with Crippen molar-refractivity contribution in [1.82, 2.24) is 21.3 Å². The fourth-order valence-electron chi connectivity index (χ4n) is 9.87. The molecule has 2 heterocycles. The Bertz CT molecular complexity index is 1940. The van der Waals surface area contributed by atoms with Gasteiger partial charge in [-0.15, -0.1) is 0 Å². The molecule has 0 radical (unpaired) electrons. The van der Waals surface area contributed by atoms with Gasteiger partial charge in [-0.2, -0.15) is 11.8 Å². The highest BCUT2D eigenvalue weighted by atomic mass is 32.2. The predicted molar refractivity (Wildman–Crippen MR) is 305 cm³/mol. The third kappa shape index (κ3) is 28.5. The molecule has 5 atom stereocenters. The molecule has 2 aliphatic carbocycles. The van der Waals surface area contributed by atoms with E-state index in [0.29, 0.717) is 207 Å². The van der Waals surface area contributed by atoms with Crippen molar-refractivity contribution in [2.75, 3.05) is 158 Å². The zero-order chi connectivity index (χ0) is 55.2. The van der Waals surface area contributed by atoms with Gasteiger partial charge in [0.2, 0.25) is 5.91 Å². The molecule has 4 fully saturated rings. The average Bonchev–Trinajstić information content (AvgIpc) is 4.14. The Balaban J connectivity index is 0.582. The number of carbonyl (C=O) groups is 3. The third-order valence-corrected chi connectivity index (χ3v) is 16.0. The molecule has 2 saturated heterocycles. The largest absolute Gasteiger partial charge is 0.379 e. The molecule has 2 aromatic carbocycles. The summed E-state index contributed by atoms with van der Waals surface area (Å²) in [6.45, 7) is 10.8. The first-order valence-corrected chi connectivity index (χ1v) is 30.5. The average molecular weight is 1130 g/mol. The van der Waals surface area contributed by atoms with E-state index in [9.17, 15) is 14.4 Å². The summed E-state index contributed by atoms with van der Waals surface area (Å²) in [5.74, 6) is 1.84. The van der Waals surface area contributed by atoms with Gasteiger partial charge in [0.25, 0.3) is 0 Å². The number of Topliss-reactive ketones (excluding diaryl/α,β-unsaturated/α-hetero) is 1. The maximum absolute atomic E-state index is 12.5. The van der Waals surface area contributed by atoms with Gasteiger partial charge in [0, 0.05) is 60.9 Å². The normalized spacial score (nSPS) is 21.5. The van der Waals surface area contributed by atoms with E-state index in [1.807, 2.05) is 11.8 Å². The number of nitrogens with one attached hydrogen (secondary N) is 4. The number of aryl methyl sites for hydroxylation is 1. The smallest absolute Gasteiger partial charge is 0.315 e. The lowest BCUT2D eigenvalue weighted by Crippen LogP contribution is -2.38. The Morgan fingerprint density at radius 3 is 1.66 bits per heavy atom. The van der Waals surface area contributed by atoms with Gasteiger partial charge < -0.3 is 79.1 Å². The van der Waals surface area contributed by atoms with Gasteiger partial charge in [-0.25, -0.2) is 4.79 Å². The van der Waals surface area contributed by atoms with E-state index in [2.05, 4.69) is 69.8 Å². The molecule has 0 aromatic heterocycles.